The van der Waals surface area contributed by atoms with E-state index >= 15 is 0 Å². The SMILES string of the molecule is Nc1ccccc1-c1noc(-c2cccs2)n1. The topological polar surface area (TPSA) is 64.9 Å². The highest BCUT2D eigenvalue weighted by Crippen LogP contribution is 2.27. The second kappa shape index (κ2) is 4.03. The normalized spacial score (nSPS) is 10.6. The lowest BCUT2D eigenvalue weighted by Gasteiger charge is -1.97. The summed E-state index contributed by atoms with van der Waals surface area (Å²) in [5.74, 6) is 1.05. The molecule has 1 aromatic carbocycles. The van der Waals surface area contributed by atoms with Gasteiger partial charge in [0.25, 0.3) is 5.89 Å². The molecule has 0 atom stereocenters. The molecule has 0 unspecified atom stereocenters. The molecule has 0 radical (unpaired) electrons. The third kappa shape index (κ3) is 1.81. The summed E-state index contributed by atoms with van der Waals surface area (Å²) in [4.78, 5) is 5.29. The van der Waals surface area contributed by atoms with Gasteiger partial charge in [0.05, 0.1) is 4.88 Å². The van der Waals surface area contributed by atoms with E-state index in [1.165, 1.54) is 0 Å². The van der Waals surface area contributed by atoms with Crippen molar-refractivity contribution in [3.8, 4) is 22.2 Å². The summed E-state index contributed by atoms with van der Waals surface area (Å²) < 4.78 is 5.21. The van der Waals surface area contributed by atoms with Gasteiger partial charge in [0.1, 0.15) is 0 Å². The van der Waals surface area contributed by atoms with E-state index in [-0.39, 0.29) is 0 Å². The standard InChI is InChI=1S/C12H9N3OS/c13-9-5-2-1-4-8(9)11-14-12(16-15-11)10-6-3-7-17-10/h1-7H,13H2. The van der Waals surface area contributed by atoms with E-state index in [1.807, 2.05) is 41.8 Å². The first-order valence-corrected chi connectivity index (χ1v) is 5.95. The molecule has 0 saturated heterocycles. The summed E-state index contributed by atoms with van der Waals surface area (Å²) in [6, 6.07) is 11.3. The molecule has 5 heteroatoms. The van der Waals surface area contributed by atoms with Crippen LogP contribution in [0.2, 0.25) is 0 Å². The quantitative estimate of drug-likeness (QED) is 0.702. The lowest BCUT2D eigenvalue weighted by molar-refractivity contribution is 0.433. The predicted molar refractivity (Wildman–Crippen MR) is 67.5 cm³/mol. The number of thiophene rings is 1. The fourth-order valence-electron chi connectivity index (χ4n) is 1.53. The lowest BCUT2D eigenvalue weighted by atomic mass is 10.2. The number of para-hydroxylation sites is 1. The molecule has 2 heterocycles. The van der Waals surface area contributed by atoms with Crippen LogP contribution in [0.25, 0.3) is 22.2 Å². The van der Waals surface area contributed by atoms with Crippen molar-refractivity contribution in [3.63, 3.8) is 0 Å². The summed E-state index contributed by atoms with van der Waals surface area (Å²) in [5, 5.41) is 5.91. The van der Waals surface area contributed by atoms with Gasteiger partial charge in [-0.15, -0.1) is 11.3 Å². The van der Waals surface area contributed by atoms with E-state index < -0.39 is 0 Å². The number of benzene rings is 1. The number of rotatable bonds is 2. The average Bonchev–Trinajstić information content (AvgIpc) is 3.00. The number of nitrogens with two attached hydrogens (primary N) is 1. The molecule has 0 spiro atoms. The first-order chi connectivity index (χ1) is 8.34. The number of nitrogen functional groups attached to an aromatic ring is 1. The van der Waals surface area contributed by atoms with E-state index in [9.17, 15) is 0 Å². The van der Waals surface area contributed by atoms with Gasteiger partial charge in [-0.1, -0.05) is 23.4 Å². The molecular weight excluding hydrogens is 234 g/mol. The van der Waals surface area contributed by atoms with Crippen molar-refractivity contribution in [1.29, 1.82) is 0 Å². The van der Waals surface area contributed by atoms with Crippen molar-refractivity contribution >= 4 is 17.0 Å². The van der Waals surface area contributed by atoms with Crippen molar-refractivity contribution < 1.29 is 4.52 Å². The van der Waals surface area contributed by atoms with Crippen molar-refractivity contribution in [2.45, 2.75) is 0 Å². The maximum atomic E-state index is 5.86. The maximum Gasteiger partial charge on any atom is 0.268 e. The van der Waals surface area contributed by atoms with Crippen molar-refractivity contribution in [3.05, 3.63) is 41.8 Å². The number of hydrogen-bond acceptors (Lipinski definition) is 5. The van der Waals surface area contributed by atoms with Gasteiger partial charge in [-0.3, -0.25) is 0 Å². The van der Waals surface area contributed by atoms with Crippen LogP contribution in [0.1, 0.15) is 0 Å². The van der Waals surface area contributed by atoms with Crippen LogP contribution in [0.3, 0.4) is 0 Å². The summed E-state index contributed by atoms with van der Waals surface area (Å²) in [6.07, 6.45) is 0. The highest BCUT2D eigenvalue weighted by Gasteiger charge is 2.12. The Labute approximate surface area is 102 Å². The molecule has 0 aliphatic carbocycles. The van der Waals surface area contributed by atoms with Gasteiger partial charge in [-0.25, -0.2) is 0 Å². The van der Waals surface area contributed by atoms with Gasteiger partial charge >= 0.3 is 0 Å². The Kier molecular flexibility index (Phi) is 2.38. The Morgan fingerprint density at radius 1 is 1.12 bits per heavy atom. The van der Waals surface area contributed by atoms with E-state index in [0.717, 1.165) is 10.4 Å². The minimum Gasteiger partial charge on any atom is -0.398 e. The highest BCUT2D eigenvalue weighted by molar-refractivity contribution is 7.13. The van der Waals surface area contributed by atoms with Crippen molar-refractivity contribution in [2.24, 2.45) is 0 Å². The van der Waals surface area contributed by atoms with Crippen molar-refractivity contribution in [1.82, 2.24) is 10.1 Å². The molecule has 2 aromatic heterocycles. The van der Waals surface area contributed by atoms with Crippen LogP contribution in [-0.4, -0.2) is 10.1 Å². The van der Waals surface area contributed by atoms with Crippen LogP contribution in [-0.2, 0) is 0 Å². The van der Waals surface area contributed by atoms with E-state index in [0.29, 0.717) is 17.4 Å². The monoisotopic (exact) mass is 243 g/mol. The Bertz CT molecular complexity index is 631. The van der Waals surface area contributed by atoms with E-state index in [4.69, 9.17) is 10.3 Å². The number of nitrogens with zero attached hydrogens (tertiary/aromatic N) is 2. The Morgan fingerprint density at radius 2 is 2.00 bits per heavy atom. The number of anilines is 1. The van der Waals surface area contributed by atoms with Gasteiger partial charge < -0.3 is 10.3 Å². The fourth-order valence-corrected chi connectivity index (χ4v) is 2.18. The molecule has 3 aromatic rings. The van der Waals surface area contributed by atoms with Crippen LogP contribution in [0.4, 0.5) is 5.69 Å². The Balaban J connectivity index is 2.04. The van der Waals surface area contributed by atoms with Crippen LogP contribution >= 0.6 is 11.3 Å². The molecule has 0 amide bonds. The van der Waals surface area contributed by atoms with Crippen molar-refractivity contribution in [2.75, 3.05) is 5.73 Å². The molecular formula is C12H9N3OS. The summed E-state index contributed by atoms with van der Waals surface area (Å²) in [7, 11) is 0. The first-order valence-electron chi connectivity index (χ1n) is 5.07. The zero-order chi connectivity index (χ0) is 11.7. The molecule has 0 bridgehead atoms. The zero-order valence-electron chi connectivity index (χ0n) is 8.83. The van der Waals surface area contributed by atoms with Crippen LogP contribution in [0, 0.1) is 0 Å². The third-order valence-corrected chi connectivity index (χ3v) is 3.22. The van der Waals surface area contributed by atoms with Gasteiger partial charge in [0.15, 0.2) is 0 Å². The second-order valence-corrected chi connectivity index (χ2v) is 4.44. The zero-order valence-corrected chi connectivity index (χ0v) is 9.65. The minimum atomic E-state index is 0.520. The first kappa shape index (κ1) is 10.0. The molecule has 17 heavy (non-hydrogen) atoms. The minimum absolute atomic E-state index is 0.520. The average molecular weight is 243 g/mol. The Morgan fingerprint density at radius 3 is 2.76 bits per heavy atom. The molecule has 0 fully saturated rings. The summed E-state index contributed by atoms with van der Waals surface area (Å²) in [6.45, 7) is 0. The van der Waals surface area contributed by atoms with Gasteiger partial charge in [-0.05, 0) is 23.6 Å². The fraction of sp³-hybridized carbons (Fsp3) is 0. The summed E-state index contributed by atoms with van der Waals surface area (Å²) in [5.41, 5.74) is 7.30. The van der Waals surface area contributed by atoms with Crippen LogP contribution in [0.5, 0.6) is 0 Å². The molecule has 0 aliphatic heterocycles. The predicted octanol–water partition coefficient (Wildman–Crippen LogP) is 3.05. The largest absolute Gasteiger partial charge is 0.398 e. The third-order valence-electron chi connectivity index (χ3n) is 2.36. The molecule has 0 aliphatic rings. The maximum absolute atomic E-state index is 5.86. The molecule has 2 N–H and O–H groups in total. The highest BCUT2D eigenvalue weighted by atomic mass is 32.1. The van der Waals surface area contributed by atoms with E-state index in [1.54, 1.807) is 11.3 Å². The number of hydrogen-bond donors (Lipinski definition) is 1. The lowest BCUT2D eigenvalue weighted by Crippen LogP contribution is -1.90. The van der Waals surface area contributed by atoms with Crippen LogP contribution < -0.4 is 5.73 Å². The second-order valence-electron chi connectivity index (χ2n) is 3.49. The van der Waals surface area contributed by atoms with E-state index in [2.05, 4.69) is 10.1 Å². The number of aromatic nitrogens is 2. The molecule has 0 saturated carbocycles. The van der Waals surface area contributed by atoms with Gasteiger partial charge in [0, 0.05) is 11.3 Å². The smallest absolute Gasteiger partial charge is 0.268 e. The van der Waals surface area contributed by atoms with Gasteiger partial charge in [0.2, 0.25) is 5.82 Å². The molecule has 84 valence electrons. The molecule has 4 nitrogen and oxygen atoms in total. The summed E-state index contributed by atoms with van der Waals surface area (Å²) >= 11 is 1.56. The van der Waals surface area contributed by atoms with Crippen LogP contribution in [0.15, 0.2) is 46.3 Å². The Hall–Kier alpha value is -2.14. The molecule has 3 rings (SSSR count). The van der Waals surface area contributed by atoms with Gasteiger partial charge in [-0.2, -0.15) is 4.98 Å².